The van der Waals surface area contributed by atoms with Crippen molar-refractivity contribution in [1.29, 1.82) is 5.26 Å². The first-order valence-electron chi connectivity index (χ1n) is 10.8. The van der Waals surface area contributed by atoms with Crippen molar-refractivity contribution in [2.75, 3.05) is 6.54 Å². The van der Waals surface area contributed by atoms with Crippen molar-refractivity contribution >= 4 is 17.9 Å². The minimum atomic E-state index is -4.49. The van der Waals surface area contributed by atoms with Gasteiger partial charge in [0.2, 0.25) is 11.8 Å². The largest absolute Gasteiger partial charge is 0.445 e. The molecular weight excluding hydrogens is 465 g/mol. The molecule has 3 N–H and O–H groups in total. The van der Waals surface area contributed by atoms with Gasteiger partial charge >= 0.3 is 12.3 Å². The second kappa shape index (κ2) is 10.9. The maximum atomic E-state index is 13.3. The average molecular weight is 488 g/mol. The zero-order chi connectivity index (χ0) is 25.6. The highest BCUT2D eigenvalue weighted by atomic mass is 19.4. The van der Waals surface area contributed by atoms with Crippen LogP contribution >= 0.6 is 0 Å². The van der Waals surface area contributed by atoms with E-state index in [1.165, 1.54) is 35.2 Å². The number of hydrogen-bond donors (Lipinski definition) is 2. The number of nitrogens with zero attached hydrogens (tertiary/aromatic N) is 2. The number of nitrogens with one attached hydrogen (secondary N) is 1. The number of likely N-dealkylation sites (tertiary alicyclic amines) is 1. The molecule has 0 spiro atoms. The number of amides is 3. The summed E-state index contributed by atoms with van der Waals surface area (Å²) in [4.78, 5) is 37.3. The molecule has 2 aromatic carbocycles. The van der Waals surface area contributed by atoms with Gasteiger partial charge in [-0.3, -0.25) is 14.5 Å². The van der Waals surface area contributed by atoms with Gasteiger partial charge in [0.15, 0.2) is 0 Å². The molecule has 1 aliphatic rings. The molecule has 0 aromatic heterocycles. The summed E-state index contributed by atoms with van der Waals surface area (Å²) in [5.41, 5.74) is 5.28. The lowest BCUT2D eigenvalue weighted by Gasteiger charge is -2.24. The van der Waals surface area contributed by atoms with Crippen molar-refractivity contribution in [1.82, 2.24) is 10.2 Å². The van der Waals surface area contributed by atoms with E-state index >= 15 is 0 Å². The van der Waals surface area contributed by atoms with Gasteiger partial charge in [-0.2, -0.15) is 18.4 Å². The maximum Gasteiger partial charge on any atom is 0.417 e. The van der Waals surface area contributed by atoms with Crippen LogP contribution in [0.4, 0.5) is 18.0 Å². The number of ether oxygens (including phenoxy) is 1. The summed E-state index contributed by atoms with van der Waals surface area (Å²) in [5.74, 6) is -1.33. The predicted octanol–water partition coefficient (Wildman–Crippen LogP) is 3.36. The zero-order valence-electron chi connectivity index (χ0n) is 18.5. The van der Waals surface area contributed by atoms with Crippen LogP contribution < -0.4 is 11.1 Å². The van der Waals surface area contributed by atoms with Crippen LogP contribution in [0.1, 0.15) is 30.4 Å². The van der Waals surface area contributed by atoms with Crippen LogP contribution in [0.3, 0.4) is 0 Å². The van der Waals surface area contributed by atoms with Gasteiger partial charge in [-0.15, -0.1) is 0 Å². The minimum absolute atomic E-state index is 0.0430. The summed E-state index contributed by atoms with van der Waals surface area (Å²) in [6, 6.07) is 11.2. The molecule has 1 saturated heterocycles. The van der Waals surface area contributed by atoms with E-state index in [0.29, 0.717) is 24.0 Å². The van der Waals surface area contributed by atoms with Crippen LogP contribution in [0, 0.1) is 11.3 Å². The Morgan fingerprint density at radius 2 is 1.86 bits per heavy atom. The summed E-state index contributed by atoms with van der Waals surface area (Å²) in [6.07, 6.45) is -4.66. The van der Waals surface area contributed by atoms with Crippen molar-refractivity contribution in [3.05, 3.63) is 59.7 Å². The van der Waals surface area contributed by atoms with Gasteiger partial charge in [0.05, 0.1) is 18.1 Å². The number of hydrogen-bond acceptors (Lipinski definition) is 5. The number of halogens is 3. The molecule has 0 bridgehead atoms. The number of nitrogens with two attached hydrogens (primary N) is 1. The van der Waals surface area contributed by atoms with Crippen LogP contribution in [-0.2, 0) is 27.1 Å². The molecule has 2 atom stereocenters. The summed E-state index contributed by atoms with van der Waals surface area (Å²) >= 11 is 0. The maximum absolute atomic E-state index is 13.3. The van der Waals surface area contributed by atoms with E-state index in [4.69, 9.17) is 15.7 Å². The summed E-state index contributed by atoms with van der Waals surface area (Å²) in [7, 11) is 0. The lowest BCUT2D eigenvalue weighted by Crippen LogP contribution is -2.49. The van der Waals surface area contributed by atoms with Gasteiger partial charge in [-0.1, -0.05) is 42.5 Å². The molecule has 3 amide bonds. The first kappa shape index (κ1) is 25.6. The fourth-order valence-electron chi connectivity index (χ4n) is 3.85. The van der Waals surface area contributed by atoms with Crippen LogP contribution in [0.5, 0.6) is 0 Å². The quantitative estimate of drug-likeness (QED) is 0.618. The first-order valence-corrected chi connectivity index (χ1v) is 10.8. The van der Waals surface area contributed by atoms with Gasteiger partial charge in [-0.05, 0) is 35.6 Å². The van der Waals surface area contributed by atoms with Crippen molar-refractivity contribution in [3.63, 3.8) is 0 Å². The van der Waals surface area contributed by atoms with Crippen molar-refractivity contribution in [2.45, 2.75) is 44.1 Å². The molecule has 0 aliphatic carbocycles. The molecule has 8 nitrogen and oxygen atoms in total. The number of carbonyl (C=O) groups is 3. The number of primary amides is 1. The fourth-order valence-corrected chi connectivity index (χ4v) is 3.85. The van der Waals surface area contributed by atoms with Crippen molar-refractivity contribution in [2.24, 2.45) is 5.73 Å². The number of benzene rings is 2. The lowest BCUT2D eigenvalue weighted by atomic mass is 9.98. The average Bonchev–Trinajstić information content (AvgIpc) is 3.32. The van der Waals surface area contributed by atoms with Crippen molar-refractivity contribution < 1.29 is 32.3 Å². The van der Waals surface area contributed by atoms with Crippen LogP contribution in [0.25, 0.3) is 11.1 Å². The molecule has 0 saturated carbocycles. The first-order chi connectivity index (χ1) is 16.6. The molecule has 35 heavy (non-hydrogen) atoms. The van der Waals surface area contributed by atoms with Crippen LogP contribution in [0.15, 0.2) is 48.5 Å². The van der Waals surface area contributed by atoms with E-state index < -0.39 is 41.7 Å². The number of rotatable bonds is 7. The Morgan fingerprint density at radius 1 is 1.17 bits per heavy atom. The van der Waals surface area contributed by atoms with Gasteiger partial charge < -0.3 is 15.8 Å². The van der Waals surface area contributed by atoms with E-state index in [0.717, 1.165) is 6.07 Å². The second-order valence-electron chi connectivity index (χ2n) is 8.01. The molecule has 2 aromatic rings. The Morgan fingerprint density at radius 3 is 2.49 bits per heavy atom. The minimum Gasteiger partial charge on any atom is -0.445 e. The smallest absolute Gasteiger partial charge is 0.417 e. The Hall–Kier alpha value is -4.07. The summed E-state index contributed by atoms with van der Waals surface area (Å²) in [6.45, 7) is 0.129. The molecule has 0 radical (unpaired) electrons. The third kappa shape index (κ3) is 6.50. The molecular formula is C24H23F3N4O4. The molecule has 1 heterocycles. The molecule has 3 rings (SSSR count). The monoisotopic (exact) mass is 488 g/mol. The van der Waals surface area contributed by atoms with E-state index in [-0.39, 0.29) is 25.1 Å². The highest BCUT2D eigenvalue weighted by Crippen LogP contribution is 2.36. The van der Waals surface area contributed by atoms with Gasteiger partial charge in [0.25, 0.3) is 0 Å². The van der Waals surface area contributed by atoms with E-state index in [2.05, 4.69) is 5.32 Å². The molecule has 0 unspecified atom stereocenters. The Kier molecular flexibility index (Phi) is 7.96. The van der Waals surface area contributed by atoms with Crippen LogP contribution in [0.2, 0.25) is 0 Å². The number of carbonyl (C=O) groups excluding carboxylic acids is 3. The standard InChI is InChI=1S/C24H23F3N4O4/c25-24(26,27)19-5-2-1-4-18(19)16-9-7-15(8-10-16)14-35-23(34)31-11-3-6-20(31)22(33)30-17(13-28)12-21(29)32/h1-2,4-5,7-10,17,20H,3,6,11-12,14H2,(H2,29,32)(H,30,33)/t17-,20-/m0/s1. The Balaban J connectivity index is 1.61. The summed E-state index contributed by atoms with van der Waals surface area (Å²) in [5, 5.41) is 11.5. The topological polar surface area (TPSA) is 126 Å². The predicted molar refractivity (Wildman–Crippen MR) is 118 cm³/mol. The van der Waals surface area contributed by atoms with E-state index in [1.54, 1.807) is 18.2 Å². The molecule has 1 fully saturated rings. The van der Waals surface area contributed by atoms with Crippen LogP contribution in [-0.4, -0.2) is 41.4 Å². The lowest BCUT2D eigenvalue weighted by molar-refractivity contribution is -0.137. The highest BCUT2D eigenvalue weighted by Gasteiger charge is 2.36. The van der Waals surface area contributed by atoms with Gasteiger partial charge in [-0.25, -0.2) is 4.79 Å². The third-order valence-corrected chi connectivity index (χ3v) is 5.53. The van der Waals surface area contributed by atoms with E-state index in [1.807, 2.05) is 0 Å². The highest BCUT2D eigenvalue weighted by molar-refractivity contribution is 5.87. The number of nitriles is 1. The summed E-state index contributed by atoms with van der Waals surface area (Å²) < 4.78 is 45.1. The normalized spacial score (nSPS) is 16.3. The third-order valence-electron chi connectivity index (χ3n) is 5.53. The zero-order valence-corrected chi connectivity index (χ0v) is 18.5. The Labute approximate surface area is 199 Å². The second-order valence-corrected chi connectivity index (χ2v) is 8.01. The molecule has 184 valence electrons. The van der Waals surface area contributed by atoms with Crippen molar-refractivity contribution in [3.8, 4) is 17.2 Å². The SMILES string of the molecule is N#C[C@H](CC(N)=O)NC(=O)[C@@H]1CCCN1C(=O)OCc1ccc(-c2ccccc2C(F)(F)F)cc1. The van der Waals surface area contributed by atoms with E-state index in [9.17, 15) is 27.6 Å². The molecule has 11 heteroatoms. The number of alkyl halides is 3. The Bertz CT molecular complexity index is 1130. The fraction of sp³-hybridized carbons (Fsp3) is 0.333. The van der Waals surface area contributed by atoms with Gasteiger partial charge in [0, 0.05) is 6.54 Å². The van der Waals surface area contributed by atoms with Gasteiger partial charge in [0.1, 0.15) is 18.7 Å². The molecule has 1 aliphatic heterocycles.